The number of carbonyl (C=O) groups excluding carboxylic acids is 1. The number of nitrogens with zero attached hydrogens (tertiary/aromatic N) is 1. The highest BCUT2D eigenvalue weighted by atomic mass is 19.4. The summed E-state index contributed by atoms with van der Waals surface area (Å²) in [6.45, 7) is 6.23. The SMILES string of the molecule is CC(C)(C)c1ccc(NC(=O)c2ccc(-c3ncccc3C(F)(F)F)cc2O)cc1. The molecule has 0 saturated carbocycles. The summed E-state index contributed by atoms with van der Waals surface area (Å²) in [5.41, 5.74) is 0.390. The molecule has 1 heterocycles. The van der Waals surface area contributed by atoms with Gasteiger partial charge < -0.3 is 10.4 Å². The summed E-state index contributed by atoms with van der Waals surface area (Å²) in [6.07, 6.45) is -3.35. The first-order valence-corrected chi connectivity index (χ1v) is 9.24. The number of pyridine rings is 1. The van der Waals surface area contributed by atoms with Gasteiger partial charge in [0.05, 0.1) is 16.8 Å². The van der Waals surface area contributed by atoms with E-state index in [1.165, 1.54) is 24.4 Å². The number of rotatable bonds is 3. The van der Waals surface area contributed by atoms with Crippen LogP contribution in [0.3, 0.4) is 0 Å². The number of nitrogens with one attached hydrogen (secondary N) is 1. The number of phenols is 1. The number of anilines is 1. The molecular weight excluding hydrogens is 393 g/mol. The van der Waals surface area contributed by atoms with Gasteiger partial charge >= 0.3 is 6.18 Å². The monoisotopic (exact) mass is 414 g/mol. The molecule has 0 atom stereocenters. The van der Waals surface area contributed by atoms with Crippen molar-refractivity contribution >= 4 is 11.6 Å². The fourth-order valence-electron chi connectivity index (χ4n) is 2.99. The van der Waals surface area contributed by atoms with Gasteiger partial charge in [0, 0.05) is 17.4 Å². The number of halogens is 3. The molecule has 0 aliphatic rings. The van der Waals surface area contributed by atoms with E-state index in [1.807, 2.05) is 12.1 Å². The number of hydrogen-bond acceptors (Lipinski definition) is 3. The molecule has 0 aliphatic carbocycles. The van der Waals surface area contributed by atoms with E-state index < -0.39 is 23.4 Å². The van der Waals surface area contributed by atoms with Crippen molar-refractivity contribution in [2.24, 2.45) is 0 Å². The molecule has 2 N–H and O–H groups in total. The molecule has 0 aliphatic heterocycles. The summed E-state index contributed by atoms with van der Waals surface area (Å²) in [5.74, 6) is -1.00. The van der Waals surface area contributed by atoms with Gasteiger partial charge in [-0.2, -0.15) is 13.2 Å². The van der Waals surface area contributed by atoms with Crippen LogP contribution in [0.5, 0.6) is 5.75 Å². The second-order valence-electron chi connectivity index (χ2n) is 7.91. The van der Waals surface area contributed by atoms with Crippen molar-refractivity contribution in [2.75, 3.05) is 5.32 Å². The average molecular weight is 414 g/mol. The minimum absolute atomic E-state index is 0.0304. The fraction of sp³-hybridized carbons (Fsp3) is 0.217. The van der Waals surface area contributed by atoms with Crippen molar-refractivity contribution in [3.8, 4) is 17.0 Å². The van der Waals surface area contributed by atoms with Crippen LogP contribution in [-0.2, 0) is 11.6 Å². The van der Waals surface area contributed by atoms with E-state index >= 15 is 0 Å². The summed E-state index contributed by atoms with van der Waals surface area (Å²) >= 11 is 0. The Kier molecular flexibility index (Phi) is 5.57. The number of aromatic hydroxyl groups is 1. The van der Waals surface area contributed by atoms with Crippen LogP contribution in [0.2, 0.25) is 0 Å². The average Bonchev–Trinajstić information content (AvgIpc) is 2.67. The summed E-state index contributed by atoms with van der Waals surface area (Å²) in [7, 11) is 0. The molecule has 0 saturated heterocycles. The first-order valence-electron chi connectivity index (χ1n) is 9.24. The van der Waals surface area contributed by atoms with Crippen molar-refractivity contribution in [3.63, 3.8) is 0 Å². The third kappa shape index (κ3) is 4.62. The van der Waals surface area contributed by atoms with Crippen LogP contribution in [0.1, 0.15) is 42.3 Å². The highest BCUT2D eigenvalue weighted by Crippen LogP contribution is 2.37. The highest BCUT2D eigenvalue weighted by Gasteiger charge is 2.34. The smallest absolute Gasteiger partial charge is 0.418 e. The van der Waals surface area contributed by atoms with Crippen LogP contribution in [0, 0.1) is 0 Å². The Labute approximate surface area is 172 Å². The lowest BCUT2D eigenvalue weighted by Crippen LogP contribution is -2.14. The molecule has 0 fully saturated rings. The van der Waals surface area contributed by atoms with Crippen molar-refractivity contribution in [1.82, 2.24) is 4.98 Å². The van der Waals surface area contributed by atoms with Crippen molar-refractivity contribution < 1.29 is 23.1 Å². The molecule has 1 amide bonds. The van der Waals surface area contributed by atoms with E-state index in [-0.39, 0.29) is 22.2 Å². The molecule has 0 unspecified atom stereocenters. The van der Waals surface area contributed by atoms with Gasteiger partial charge in [-0.05, 0) is 47.4 Å². The Balaban J connectivity index is 1.85. The Morgan fingerprint density at radius 1 is 1.00 bits per heavy atom. The second kappa shape index (κ2) is 7.82. The maximum absolute atomic E-state index is 13.2. The largest absolute Gasteiger partial charge is 0.507 e. The third-order valence-electron chi connectivity index (χ3n) is 4.64. The molecule has 3 rings (SSSR count). The molecule has 3 aromatic rings. The lowest BCUT2D eigenvalue weighted by Gasteiger charge is -2.19. The van der Waals surface area contributed by atoms with Gasteiger partial charge in [-0.1, -0.05) is 39.0 Å². The lowest BCUT2D eigenvalue weighted by molar-refractivity contribution is -0.137. The van der Waals surface area contributed by atoms with Gasteiger partial charge in [0.1, 0.15) is 5.75 Å². The van der Waals surface area contributed by atoms with Crippen LogP contribution in [0.4, 0.5) is 18.9 Å². The minimum Gasteiger partial charge on any atom is -0.507 e. The first kappa shape index (κ1) is 21.4. The molecule has 156 valence electrons. The normalized spacial score (nSPS) is 11.9. The summed E-state index contributed by atoms with van der Waals surface area (Å²) in [5, 5.41) is 13.0. The van der Waals surface area contributed by atoms with Gasteiger partial charge in [0.15, 0.2) is 0 Å². The van der Waals surface area contributed by atoms with Gasteiger partial charge in [-0.15, -0.1) is 0 Å². The molecular formula is C23H21F3N2O2. The van der Waals surface area contributed by atoms with Crippen LogP contribution in [-0.4, -0.2) is 16.0 Å². The number of phenolic OH excluding ortho intramolecular Hbond substituents is 1. The quantitative estimate of drug-likeness (QED) is 0.551. The Morgan fingerprint density at radius 2 is 1.67 bits per heavy atom. The zero-order chi connectivity index (χ0) is 22.1. The highest BCUT2D eigenvalue weighted by molar-refractivity contribution is 6.06. The van der Waals surface area contributed by atoms with E-state index in [0.29, 0.717) is 5.69 Å². The number of carbonyl (C=O) groups is 1. The van der Waals surface area contributed by atoms with Gasteiger partial charge in [-0.3, -0.25) is 9.78 Å². The molecule has 0 bridgehead atoms. The molecule has 7 heteroatoms. The van der Waals surface area contributed by atoms with E-state index in [0.717, 1.165) is 17.7 Å². The van der Waals surface area contributed by atoms with Crippen LogP contribution in [0.15, 0.2) is 60.8 Å². The van der Waals surface area contributed by atoms with E-state index in [2.05, 4.69) is 31.1 Å². The minimum atomic E-state index is -4.59. The maximum atomic E-state index is 13.2. The number of amides is 1. The summed E-state index contributed by atoms with van der Waals surface area (Å²) < 4.78 is 39.7. The molecule has 0 spiro atoms. The zero-order valence-corrected chi connectivity index (χ0v) is 16.7. The lowest BCUT2D eigenvalue weighted by atomic mass is 9.87. The zero-order valence-electron chi connectivity index (χ0n) is 16.7. The number of hydrogen-bond donors (Lipinski definition) is 2. The number of benzene rings is 2. The van der Waals surface area contributed by atoms with Gasteiger partial charge in [-0.25, -0.2) is 0 Å². The standard InChI is InChI=1S/C23H21F3N2O2/c1-22(2,3)15-7-9-16(10-8-15)28-21(30)17-11-6-14(13-19(17)29)20-18(23(24,25)26)5-4-12-27-20/h4-13,29H,1-3H3,(H,28,30). The van der Waals surface area contributed by atoms with Gasteiger partial charge in [0.25, 0.3) is 5.91 Å². The van der Waals surface area contributed by atoms with Crippen LogP contribution in [0.25, 0.3) is 11.3 Å². The fourth-order valence-corrected chi connectivity index (χ4v) is 2.99. The molecule has 1 aromatic heterocycles. The van der Waals surface area contributed by atoms with Crippen molar-refractivity contribution in [3.05, 3.63) is 77.5 Å². The predicted octanol–water partition coefficient (Wildman–Crippen LogP) is 6.02. The predicted molar refractivity (Wildman–Crippen MR) is 109 cm³/mol. The Hall–Kier alpha value is -3.35. The maximum Gasteiger partial charge on any atom is 0.418 e. The number of aromatic nitrogens is 1. The van der Waals surface area contributed by atoms with E-state index in [1.54, 1.807) is 12.1 Å². The Morgan fingerprint density at radius 3 is 2.23 bits per heavy atom. The number of alkyl halides is 3. The van der Waals surface area contributed by atoms with Gasteiger partial charge in [0.2, 0.25) is 0 Å². The van der Waals surface area contributed by atoms with Crippen molar-refractivity contribution in [1.29, 1.82) is 0 Å². The molecule has 30 heavy (non-hydrogen) atoms. The second-order valence-corrected chi connectivity index (χ2v) is 7.91. The topological polar surface area (TPSA) is 62.2 Å². The van der Waals surface area contributed by atoms with E-state index in [4.69, 9.17) is 0 Å². The molecule has 4 nitrogen and oxygen atoms in total. The third-order valence-corrected chi connectivity index (χ3v) is 4.64. The molecule has 2 aromatic carbocycles. The first-order chi connectivity index (χ1) is 14.0. The Bertz CT molecular complexity index is 1070. The summed E-state index contributed by atoms with van der Waals surface area (Å²) in [4.78, 5) is 16.3. The molecule has 0 radical (unpaired) electrons. The van der Waals surface area contributed by atoms with Crippen molar-refractivity contribution in [2.45, 2.75) is 32.4 Å². The van der Waals surface area contributed by atoms with E-state index in [9.17, 15) is 23.1 Å². The van der Waals surface area contributed by atoms with Crippen LogP contribution < -0.4 is 5.32 Å². The van der Waals surface area contributed by atoms with Crippen LogP contribution >= 0.6 is 0 Å². The summed E-state index contributed by atoms with van der Waals surface area (Å²) in [6, 6.07) is 13.1.